The number of fused-ring (bicyclic) bond motifs is 1. The van der Waals surface area contributed by atoms with Gasteiger partial charge in [-0.05, 0) is 44.2 Å². The molecule has 2 unspecified atom stereocenters. The van der Waals surface area contributed by atoms with Crippen molar-refractivity contribution in [1.82, 2.24) is 0 Å². The van der Waals surface area contributed by atoms with Crippen LogP contribution in [0.4, 0.5) is 0 Å². The Balaban J connectivity index is 1.86. The second-order valence-electron chi connectivity index (χ2n) is 7.69. The predicted molar refractivity (Wildman–Crippen MR) is 83.9 cm³/mol. The van der Waals surface area contributed by atoms with Crippen LogP contribution in [0.3, 0.4) is 0 Å². The zero-order chi connectivity index (χ0) is 15.0. The first-order valence-electron chi connectivity index (χ1n) is 8.25. The Kier molecular flexibility index (Phi) is 3.81. The van der Waals surface area contributed by atoms with E-state index in [9.17, 15) is 4.79 Å². The second kappa shape index (κ2) is 5.47. The Bertz CT molecular complexity index is 521. The van der Waals surface area contributed by atoms with Crippen molar-refractivity contribution < 1.29 is 9.53 Å². The van der Waals surface area contributed by atoms with Crippen molar-refractivity contribution in [1.29, 1.82) is 0 Å². The van der Waals surface area contributed by atoms with Gasteiger partial charge in [-0.3, -0.25) is 4.79 Å². The summed E-state index contributed by atoms with van der Waals surface area (Å²) < 4.78 is 5.99. The molecule has 2 nitrogen and oxygen atoms in total. The monoisotopic (exact) mass is 286 g/mol. The number of rotatable bonds is 2. The summed E-state index contributed by atoms with van der Waals surface area (Å²) in [6.07, 6.45) is 6.29. The normalized spacial score (nSPS) is 25.9. The maximum atomic E-state index is 12.4. The number of hydrogen-bond donors (Lipinski definition) is 0. The molecule has 0 aliphatic heterocycles. The maximum absolute atomic E-state index is 12.4. The lowest BCUT2D eigenvalue weighted by Gasteiger charge is -2.28. The lowest BCUT2D eigenvalue weighted by Crippen LogP contribution is -2.28. The average Bonchev–Trinajstić information content (AvgIpc) is 3.05. The molecule has 3 rings (SSSR count). The van der Waals surface area contributed by atoms with Crippen LogP contribution in [0.2, 0.25) is 0 Å². The Morgan fingerprint density at radius 2 is 1.81 bits per heavy atom. The summed E-state index contributed by atoms with van der Waals surface area (Å²) in [7, 11) is 0. The van der Waals surface area contributed by atoms with Crippen LogP contribution in [0.1, 0.15) is 63.7 Å². The van der Waals surface area contributed by atoms with E-state index in [1.807, 2.05) is 20.8 Å². The van der Waals surface area contributed by atoms with E-state index in [1.165, 1.54) is 36.8 Å². The molecule has 2 aliphatic carbocycles. The van der Waals surface area contributed by atoms with Gasteiger partial charge < -0.3 is 4.74 Å². The van der Waals surface area contributed by atoms with Crippen LogP contribution < -0.4 is 0 Å². The molecule has 2 heteroatoms. The Morgan fingerprint density at radius 1 is 1.14 bits per heavy atom. The molecular weight excluding hydrogens is 260 g/mol. The van der Waals surface area contributed by atoms with Crippen molar-refractivity contribution in [2.24, 2.45) is 17.3 Å². The van der Waals surface area contributed by atoms with Crippen molar-refractivity contribution in [3.8, 4) is 0 Å². The van der Waals surface area contributed by atoms with Crippen molar-refractivity contribution >= 4 is 5.97 Å². The van der Waals surface area contributed by atoms with Crippen LogP contribution >= 0.6 is 0 Å². The molecule has 0 N–H and O–H groups in total. The Labute approximate surface area is 127 Å². The summed E-state index contributed by atoms with van der Waals surface area (Å²) in [4.78, 5) is 12.4. The number of carbonyl (C=O) groups is 1. The lowest BCUT2D eigenvalue weighted by molar-refractivity contribution is -0.162. The average molecular weight is 286 g/mol. The Morgan fingerprint density at radius 3 is 2.48 bits per heavy atom. The minimum absolute atomic E-state index is 0.0315. The van der Waals surface area contributed by atoms with Crippen LogP contribution in [0.15, 0.2) is 24.3 Å². The second-order valence-corrected chi connectivity index (χ2v) is 7.69. The molecule has 0 saturated heterocycles. The van der Waals surface area contributed by atoms with Crippen molar-refractivity contribution in [2.45, 2.75) is 59.0 Å². The molecule has 0 bridgehead atoms. The van der Waals surface area contributed by atoms with Crippen molar-refractivity contribution in [2.75, 3.05) is 0 Å². The van der Waals surface area contributed by atoms with Gasteiger partial charge in [-0.15, -0.1) is 0 Å². The molecule has 21 heavy (non-hydrogen) atoms. The molecule has 1 aromatic carbocycles. The van der Waals surface area contributed by atoms with E-state index in [-0.39, 0.29) is 12.1 Å². The summed E-state index contributed by atoms with van der Waals surface area (Å²) in [5.74, 6) is 1.12. The first-order valence-corrected chi connectivity index (χ1v) is 8.25. The number of benzene rings is 1. The maximum Gasteiger partial charge on any atom is 0.311 e. The standard InChI is InChI=1S/C19H26O2/c1-19(2,3)18(20)21-17-15-11-7-6-10-14(15)12-16(17)13-8-4-5-9-13/h6-7,10-11,13,16-17H,4-5,8-9,12H2,1-3H3. The largest absolute Gasteiger partial charge is 0.457 e. The molecule has 0 aromatic heterocycles. The fraction of sp³-hybridized carbons (Fsp3) is 0.632. The molecule has 114 valence electrons. The van der Waals surface area contributed by atoms with E-state index in [1.54, 1.807) is 0 Å². The van der Waals surface area contributed by atoms with Gasteiger partial charge in [-0.1, -0.05) is 49.9 Å². The van der Waals surface area contributed by atoms with E-state index in [0.29, 0.717) is 5.92 Å². The van der Waals surface area contributed by atoms with Crippen LogP contribution in [-0.4, -0.2) is 5.97 Å². The van der Waals surface area contributed by atoms with Gasteiger partial charge >= 0.3 is 5.97 Å². The van der Waals surface area contributed by atoms with E-state index in [4.69, 9.17) is 4.74 Å². The van der Waals surface area contributed by atoms with Crippen molar-refractivity contribution in [3.05, 3.63) is 35.4 Å². The third-order valence-electron chi connectivity index (χ3n) is 5.06. The molecule has 0 radical (unpaired) electrons. The number of ether oxygens (including phenoxy) is 1. The van der Waals surface area contributed by atoms with Gasteiger partial charge in [0, 0.05) is 5.92 Å². The van der Waals surface area contributed by atoms with Crippen molar-refractivity contribution in [3.63, 3.8) is 0 Å². The molecule has 1 saturated carbocycles. The summed E-state index contributed by atoms with van der Waals surface area (Å²) in [6.45, 7) is 5.79. The number of hydrogen-bond acceptors (Lipinski definition) is 2. The summed E-state index contributed by atoms with van der Waals surface area (Å²) in [5, 5.41) is 0. The summed E-state index contributed by atoms with van der Waals surface area (Å²) in [5.41, 5.74) is 2.19. The Hall–Kier alpha value is -1.31. The third-order valence-corrected chi connectivity index (χ3v) is 5.06. The number of esters is 1. The minimum atomic E-state index is -0.433. The van der Waals surface area contributed by atoms with E-state index in [0.717, 1.165) is 12.3 Å². The molecule has 0 amide bonds. The van der Waals surface area contributed by atoms with E-state index >= 15 is 0 Å². The van der Waals surface area contributed by atoms with E-state index < -0.39 is 5.41 Å². The molecular formula is C19H26O2. The predicted octanol–water partition coefficient (Wildman–Crippen LogP) is 4.68. The lowest BCUT2D eigenvalue weighted by atomic mass is 9.86. The van der Waals surface area contributed by atoms with Crippen LogP contribution in [0.25, 0.3) is 0 Å². The topological polar surface area (TPSA) is 26.3 Å². The van der Waals surface area contributed by atoms with Gasteiger partial charge in [0.1, 0.15) is 6.10 Å². The number of carbonyl (C=O) groups excluding carboxylic acids is 1. The molecule has 2 aliphatic rings. The SMILES string of the molecule is CC(C)(C)C(=O)OC1c2ccccc2CC1C1CCCC1. The fourth-order valence-electron chi connectivity index (χ4n) is 3.83. The minimum Gasteiger partial charge on any atom is -0.457 e. The van der Waals surface area contributed by atoms with Crippen LogP contribution in [0, 0.1) is 17.3 Å². The van der Waals surface area contributed by atoms with Gasteiger partial charge in [0.25, 0.3) is 0 Å². The summed E-state index contributed by atoms with van der Waals surface area (Å²) >= 11 is 0. The highest BCUT2D eigenvalue weighted by molar-refractivity contribution is 5.75. The smallest absolute Gasteiger partial charge is 0.311 e. The first kappa shape index (κ1) is 14.6. The highest BCUT2D eigenvalue weighted by Gasteiger charge is 2.41. The highest BCUT2D eigenvalue weighted by atomic mass is 16.5. The molecule has 1 aromatic rings. The van der Waals surface area contributed by atoms with Gasteiger partial charge in [0.2, 0.25) is 0 Å². The molecule has 1 fully saturated rings. The van der Waals surface area contributed by atoms with Crippen LogP contribution in [0.5, 0.6) is 0 Å². The van der Waals surface area contributed by atoms with Gasteiger partial charge in [-0.25, -0.2) is 0 Å². The molecule has 2 atom stereocenters. The quantitative estimate of drug-likeness (QED) is 0.738. The molecule has 0 heterocycles. The van der Waals surface area contributed by atoms with Gasteiger partial charge in [0.15, 0.2) is 0 Å². The third kappa shape index (κ3) is 2.86. The van der Waals surface area contributed by atoms with Gasteiger partial charge in [0.05, 0.1) is 5.41 Å². The zero-order valence-electron chi connectivity index (χ0n) is 13.4. The fourth-order valence-corrected chi connectivity index (χ4v) is 3.83. The highest BCUT2D eigenvalue weighted by Crippen LogP contribution is 2.47. The molecule has 0 spiro atoms. The van der Waals surface area contributed by atoms with Gasteiger partial charge in [-0.2, -0.15) is 0 Å². The zero-order valence-corrected chi connectivity index (χ0v) is 13.4. The van der Waals surface area contributed by atoms with E-state index in [2.05, 4.69) is 24.3 Å². The summed E-state index contributed by atoms with van der Waals surface area (Å²) in [6, 6.07) is 8.50. The van der Waals surface area contributed by atoms with Crippen LogP contribution in [-0.2, 0) is 16.0 Å². The first-order chi connectivity index (χ1) is 9.97.